The number of morpholine rings is 1. The molecule has 0 aliphatic carbocycles. The number of ether oxygens (including phenoxy) is 1. The van der Waals surface area contributed by atoms with Crippen LogP contribution in [0.1, 0.15) is 27.5 Å². The Morgan fingerprint density at radius 3 is 2.58 bits per heavy atom. The smallest absolute Gasteiger partial charge is 0.255 e. The van der Waals surface area contributed by atoms with Crippen molar-refractivity contribution < 1.29 is 9.53 Å². The molecule has 1 fully saturated rings. The Hall–Kier alpha value is -2.68. The van der Waals surface area contributed by atoms with Crippen LogP contribution < -0.4 is 0 Å². The monoisotopic (exact) mass is 349 g/mol. The Morgan fingerprint density at radius 1 is 1.19 bits per heavy atom. The lowest BCUT2D eigenvalue weighted by Gasteiger charge is -2.42. The van der Waals surface area contributed by atoms with Crippen molar-refractivity contribution >= 4 is 5.91 Å². The average Bonchev–Trinajstić information content (AvgIpc) is 2.67. The number of nitriles is 1. The van der Waals surface area contributed by atoms with Gasteiger partial charge in [-0.3, -0.25) is 4.79 Å². The number of rotatable bonds is 4. The van der Waals surface area contributed by atoms with Crippen LogP contribution in [0.5, 0.6) is 0 Å². The zero-order valence-electron chi connectivity index (χ0n) is 15.1. The number of carbonyl (C=O) groups excluding carboxylic acids is 1. The van der Waals surface area contributed by atoms with E-state index in [1.54, 1.807) is 24.3 Å². The summed E-state index contributed by atoms with van der Waals surface area (Å²) in [5.74, 6) is -0.122. The molecule has 3 rings (SSSR count). The predicted octanol–water partition coefficient (Wildman–Crippen LogP) is 2.70. The van der Waals surface area contributed by atoms with E-state index in [-0.39, 0.29) is 18.1 Å². The van der Waals surface area contributed by atoms with Crippen molar-refractivity contribution in [3.63, 3.8) is 0 Å². The molecule has 5 nitrogen and oxygen atoms in total. The van der Waals surface area contributed by atoms with E-state index in [1.165, 1.54) is 0 Å². The standard InChI is InChI=1S/C21H23N3O2/c1-23(2)15-19-20(16-8-4-3-5-9-16)24(12-13-26-19)21(25)18-11-7-6-10-17(18)14-22/h3-11,19-20H,12-13,15H2,1-2H3/t19-,20-/m0/s1. The van der Waals surface area contributed by atoms with Gasteiger partial charge in [-0.05, 0) is 31.8 Å². The van der Waals surface area contributed by atoms with Crippen molar-refractivity contribution in [3.8, 4) is 6.07 Å². The Kier molecular flexibility index (Phi) is 5.67. The fourth-order valence-electron chi connectivity index (χ4n) is 3.44. The van der Waals surface area contributed by atoms with Crippen LogP contribution in [0.15, 0.2) is 54.6 Å². The number of amides is 1. The molecule has 1 aliphatic heterocycles. The van der Waals surface area contributed by atoms with E-state index in [0.29, 0.717) is 30.8 Å². The van der Waals surface area contributed by atoms with E-state index in [4.69, 9.17) is 4.74 Å². The molecule has 2 atom stereocenters. The molecule has 0 bridgehead atoms. The zero-order chi connectivity index (χ0) is 18.5. The minimum absolute atomic E-state index is 0.122. The highest BCUT2D eigenvalue weighted by Gasteiger charge is 2.37. The second kappa shape index (κ2) is 8.13. The molecular formula is C21H23N3O2. The summed E-state index contributed by atoms with van der Waals surface area (Å²) in [5.41, 5.74) is 1.89. The number of nitrogens with zero attached hydrogens (tertiary/aromatic N) is 3. The Morgan fingerprint density at radius 2 is 1.88 bits per heavy atom. The summed E-state index contributed by atoms with van der Waals surface area (Å²) in [6, 6.07) is 18.9. The van der Waals surface area contributed by atoms with Gasteiger partial charge in [-0.2, -0.15) is 5.26 Å². The second-order valence-corrected chi connectivity index (χ2v) is 6.68. The molecule has 1 aliphatic rings. The first-order valence-corrected chi connectivity index (χ1v) is 8.73. The van der Waals surface area contributed by atoms with E-state index >= 15 is 0 Å². The number of carbonyl (C=O) groups is 1. The number of hydrogen-bond donors (Lipinski definition) is 0. The van der Waals surface area contributed by atoms with Crippen LogP contribution in [0.2, 0.25) is 0 Å². The highest BCUT2D eigenvalue weighted by Crippen LogP contribution is 2.31. The third kappa shape index (κ3) is 3.77. The zero-order valence-corrected chi connectivity index (χ0v) is 15.1. The van der Waals surface area contributed by atoms with Gasteiger partial charge in [-0.25, -0.2) is 0 Å². The first kappa shape index (κ1) is 18.1. The predicted molar refractivity (Wildman–Crippen MR) is 99.7 cm³/mol. The second-order valence-electron chi connectivity index (χ2n) is 6.68. The van der Waals surface area contributed by atoms with Crippen molar-refractivity contribution in [2.24, 2.45) is 0 Å². The van der Waals surface area contributed by atoms with Crippen LogP contribution in [-0.4, -0.2) is 55.6 Å². The molecule has 5 heteroatoms. The average molecular weight is 349 g/mol. The van der Waals surface area contributed by atoms with E-state index < -0.39 is 0 Å². The molecule has 0 radical (unpaired) electrons. The molecule has 2 aromatic rings. The lowest BCUT2D eigenvalue weighted by Crippen LogP contribution is -2.51. The van der Waals surface area contributed by atoms with Crippen LogP contribution in [0, 0.1) is 11.3 Å². The molecule has 0 N–H and O–H groups in total. The van der Waals surface area contributed by atoms with Gasteiger partial charge in [0, 0.05) is 13.1 Å². The summed E-state index contributed by atoms with van der Waals surface area (Å²) in [4.78, 5) is 17.2. The van der Waals surface area contributed by atoms with Gasteiger partial charge in [0.2, 0.25) is 0 Å². The van der Waals surface area contributed by atoms with Gasteiger partial charge in [-0.1, -0.05) is 42.5 Å². The topological polar surface area (TPSA) is 56.6 Å². The highest BCUT2D eigenvalue weighted by molar-refractivity contribution is 5.97. The summed E-state index contributed by atoms with van der Waals surface area (Å²) in [5, 5.41) is 9.37. The molecule has 0 saturated carbocycles. The SMILES string of the molecule is CN(C)C[C@@H]1OCCN(C(=O)c2ccccc2C#N)[C@H]1c1ccccc1. The van der Waals surface area contributed by atoms with Crippen molar-refractivity contribution in [1.82, 2.24) is 9.80 Å². The maximum Gasteiger partial charge on any atom is 0.255 e. The minimum Gasteiger partial charge on any atom is -0.373 e. The van der Waals surface area contributed by atoms with Crippen molar-refractivity contribution in [1.29, 1.82) is 5.26 Å². The van der Waals surface area contributed by atoms with E-state index in [2.05, 4.69) is 11.0 Å². The van der Waals surface area contributed by atoms with Gasteiger partial charge in [0.1, 0.15) is 0 Å². The highest BCUT2D eigenvalue weighted by atomic mass is 16.5. The summed E-state index contributed by atoms with van der Waals surface area (Å²) in [6.07, 6.45) is -0.126. The normalized spacial score (nSPS) is 20.0. The molecule has 0 unspecified atom stereocenters. The van der Waals surface area contributed by atoms with Crippen LogP contribution in [0.25, 0.3) is 0 Å². The third-order valence-corrected chi connectivity index (χ3v) is 4.58. The fraction of sp³-hybridized carbons (Fsp3) is 0.333. The maximum absolute atomic E-state index is 13.3. The number of benzene rings is 2. The maximum atomic E-state index is 13.3. The van der Waals surface area contributed by atoms with Crippen LogP contribution in [0.3, 0.4) is 0 Å². The van der Waals surface area contributed by atoms with Crippen molar-refractivity contribution in [2.45, 2.75) is 12.1 Å². The molecule has 0 aromatic heterocycles. The Balaban J connectivity index is 2.00. The summed E-state index contributed by atoms with van der Waals surface area (Å²) >= 11 is 0. The van der Waals surface area contributed by atoms with Crippen LogP contribution in [-0.2, 0) is 4.74 Å². The van der Waals surface area contributed by atoms with Gasteiger partial charge >= 0.3 is 0 Å². The summed E-state index contributed by atoms with van der Waals surface area (Å²) in [6.45, 7) is 1.70. The molecular weight excluding hydrogens is 326 g/mol. The van der Waals surface area contributed by atoms with Gasteiger partial charge in [0.15, 0.2) is 0 Å². The first-order chi connectivity index (χ1) is 12.6. The number of likely N-dealkylation sites (N-methyl/N-ethyl adjacent to an activating group) is 1. The lowest BCUT2D eigenvalue weighted by atomic mass is 9.96. The summed E-state index contributed by atoms with van der Waals surface area (Å²) < 4.78 is 6.03. The molecule has 1 amide bonds. The van der Waals surface area contributed by atoms with E-state index in [0.717, 1.165) is 5.56 Å². The van der Waals surface area contributed by atoms with Crippen LogP contribution >= 0.6 is 0 Å². The minimum atomic E-state index is -0.188. The molecule has 1 heterocycles. The largest absolute Gasteiger partial charge is 0.373 e. The number of hydrogen-bond acceptors (Lipinski definition) is 4. The van der Waals surface area contributed by atoms with Gasteiger partial charge in [-0.15, -0.1) is 0 Å². The fourth-order valence-corrected chi connectivity index (χ4v) is 3.44. The molecule has 26 heavy (non-hydrogen) atoms. The van der Waals surface area contributed by atoms with Crippen molar-refractivity contribution in [2.75, 3.05) is 33.8 Å². The quantitative estimate of drug-likeness (QED) is 0.852. The van der Waals surface area contributed by atoms with Gasteiger partial charge < -0.3 is 14.5 Å². The first-order valence-electron chi connectivity index (χ1n) is 8.73. The molecule has 1 saturated heterocycles. The lowest BCUT2D eigenvalue weighted by molar-refractivity contribution is -0.0684. The van der Waals surface area contributed by atoms with Gasteiger partial charge in [0.05, 0.1) is 35.9 Å². The molecule has 2 aromatic carbocycles. The Labute approximate surface area is 154 Å². The molecule has 0 spiro atoms. The third-order valence-electron chi connectivity index (χ3n) is 4.58. The Bertz CT molecular complexity index is 798. The molecule has 134 valence electrons. The van der Waals surface area contributed by atoms with E-state index in [1.807, 2.05) is 49.3 Å². The summed E-state index contributed by atoms with van der Waals surface area (Å²) in [7, 11) is 3.99. The van der Waals surface area contributed by atoms with Crippen molar-refractivity contribution in [3.05, 3.63) is 71.3 Å². The van der Waals surface area contributed by atoms with Crippen LogP contribution in [0.4, 0.5) is 0 Å². The van der Waals surface area contributed by atoms with Gasteiger partial charge in [0.25, 0.3) is 5.91 Å². The van der Waals surface area contributed by atoms with E-state index in [9.17, 15) is 10.1 Å².